The van der Waals surface area contributed by atoms with E-state index in [1.54, 1.807) is 42.5 Å². The molecule has 7 nitrogen and oxygen atoms in total. The van der Waals surface area contributed by atoms with Gasteiger partial charge in [0.2, 0.25) is 6.41 Å². The molecule has 10 heteroatoms. The van der Waals surface area contributed by atoms with Crippen LogP contribution < -0.4 is 15.5 Å². The van der Waals surface area contributed by atoms with Crippen LogP contribution >= 0.6 is 34.8 Å². The maximum absolute atomic E-state index is 12.6. The van der Waals surface area contributed by atoms with E-state index in [1.165, 1.54) is 23.4 Å². The van der Waals surface area contributed by atoms with E-state index in [0.717, 1.165) is 0 Å². The summed E-state index contributed by atoms with van der Waals surface area (Å²) in [7, 11) is 0. The summed E-state index contributed by atoms with van der Waals surface area (Å²) < 4.78 is 0. The number of hydrogen-bond donors (Lipinski definition) is 2. The molecule has 0 radical (unpaired) electrons. The number of carbonyl (C=O) groups excluding carboxylic acids is 2. The first-order chi connectivity index (χ1) is 15.5. The molecule has 2 N–H and O–H groups in total. The Morgan fingerprint density at radius 1 is 0.906 bits per heavy atom. The molecular weight excluding hydrogens is 473 g/mol. The van der Waals surface area contributed by atoms with Gasteiger partial charge in [-0.15, -0.1) is 0 Å². The third-order valence-electron chi connectivity index (χ3n) is 4.54. The number of nitrogens with one attached hydrogen (secondary N) is 2. The quantitative estimate of drug-likeness (QED) is 0.248. The van der Waals surface area contributed by atoms with Gasteiger partial charge in [-0.1, -0.05) is 65.1 Å². The highest BCUT2D eigenvalue weighted by Crippen LogP contribution is 2.40. The Labute approximate surface area is 197 Å². The fourth-order valence-electron chi connectivity index (χ4n) is 3.15. The number of carbonyl (C=O) groups is 2. The van der Waals surface area contributed by atoms with Crippen LogP contribution in [0.15, 0.2) is 67.0 Å². The molecule has 160 valence electrons. The highest BCUT2D eigenvalue weighted by Gasteiger charge is 2.21. The van der Waals surface area contributed by atoms with Gasteiger partial charge in [0.05, 0.1) is 26.9 Å². The molecule has 4 aromatic rings. The first-order valence-electron chi connectivity index (χ1n) is 9.24. The number of para-hydroxylation sites is 2. The van der Waals surface area contributed by atoms with Crippen molar-refractivity contribution in [2.75, 3.05) is 15.5 Å². The molecule has 4 rings (SSSR count). The average Bonchev–Trinajstić information content (AvgIpc) is 2.79. The summed E-state index contributed by atoms with van der Waals surface area (Å²) in [6.07, 6.45) is 3.39. The van der Waals surface area contributed by atoms with Crippen molar-refractivity contribution >= 4 is 80.9 Å². The summed E-state index contributed by atoms with van der Waals surface area (Å²) in [5.74, 6) is 0. The number of halogens is 3. The van der Waals surface area contributed by atoms with Crippen LogP contribution in [0.1, 0.15) is 0 Å². The highest BCUT2D eigenvalue weighted by molar-refractivity contribution is 6.39. The summed E-state index contributed by atoms with van der Waals surface area (Å²) in [4.78, 5) is 34.2. The minimum atomic E-state index is -0.485. The maximum atomic E-state index is 12.6. The molecule has 0 saturated heterocycles. The molecule has 2 heterocycles. The fourth-order valence-corrected chi connectivity index (χ4v) is 3.89. The van der Waals surface area contributed by atoms with Crippen LogP contribution in [-0.2, 0) is 4.79 Å². The third kappa shape index (κ3) is 4.31. The van der Waals surface area contributed by atoms with Crippen LogP contribution in [0.2, 0.25) is 15.2 Å². The Bertz CT molecular complexity index is 1300. The van der Waals surface area contributed by atoms with Crippen molar-refractivity contribution in [1.82, 2.24) is 9.97 Å². The van der Waals surface area contributed by atoms with Crippen molar-refractivity contribution in [2.24, 2.45) is 0 Å². The Hall–Kier alpha value is -3.39. The number of benzene rings is 2. The molecule has 2 aromatic heterocycles. The Morgan fingerprint density at radius 2 is 1.69 bits per heavy atom. The van der Waals surface area contributed by atoms with E-state index in [1.807, 2.05) is 6.07 Å². The predicted molar refractivity (Wildman–Crippen MR) is 128 cm³/mol. The molecule has 3 amide bonds. The van der Waals surface area contributed by atoms with Crippen LogP contribution in [-0.4, -0.2) is 22.4 Å². The number of nitrogens with zero attached hydrogens (tertiary/aromatic N) is 3. The van der Waals surface area contributed by atoms with Crippen LogP contribution in [0.25, 0.3) is 10.9 Å². The number of aromatic nitrogens is 2. The van der Waals surface area contributed by atoms with Crippen molar-refractivity contribution < 1.29 is 9.59 Å². The average molecular weight is 487 g/mol. The number of anilines is 4. The van der Waals surface area contributed by atoms with Crippen molar-refractivity contribution in [2.45, 2.75) is 0 Å². The third-order valence-corrected chi connectivity index (χ3v) is 5.40. The monoisotopic (exact) mass is 485 g/mol. The number of rotatable bonds is 5. The Balaban J connectivity index is 1.77. The second-order valence-electron chi connectivity index (χ2n) is 6.51. The van der Waals surface area contributed by atoms with E-state index in [9.17, 15) is 9.59 Å². The zero-order valence-corrected chi connectivity index (χ0v) is 18.5. The molecule has 0 spiro atoms. The molecule has 0 aliphatic heterocycles. The van der Waals surface area contributed by atoms with Crippen molar-refractivity contribution in [3.8, 4) is 0 Å². The second-order valence-corrected chi connectivity index (χ2v) is 7.68. The van der Waals surface area contributed by atoms with Crippen molar-refractivity contribution in [3.63, 3.8) is 0 Å². The molecular formula is C22H14Cl3N5O2. The van der Waals surface area contributed by atoms with E-state index in [2.05, 4.69) is 20.6 Å². The number of fused-ring (bicyclic) bond motifs is 1. The summed E-state index contributed by atoms with van der Waals surface area (Å²) in [6, 6.07) is 15.1. The minimum absolute atomic E-state index is 0.0520. The summed E-state index contributed by atoms with van der Waals surface area (Å²) in [6.45, 7) is 0. The zero-order chi connectivity index (χ0) is 22.7. The van der Waals surface area contributed by atoms with Crippen LogP contribution in [0.3, 0.4) is 0 Å². The molecule has 0 aliphatic rings. The summed E-state index contributed by atoms with van der Waals surface area (Å²) in [5.41, 5.74) is 1.95. The first-order valence-corrected chi connectivity index (χ1v) is 10.4. The van der Waals surface area contributed by atoms with Gasteiger partial charge in [-0.25, -0.2) is 9.78 Å². The molecule has 32 heavy (non-hydrogen) atoms. The smallest absolute Gasteiger partial charge is 0.308 e. The van der Waals surface area contributed by atoms with Gasteiger partial charge in [0, 0.05) is 23.5 Å². The van der Waals surface area contributed by atoms with Crippen LogP contribution in [0.5, 0.6) is 0 Å². The lowest BCUT2D eigenvalue weighted by Crippen LogP contribution is -2.20. The topological polar surface area (TPSA) is 87.2 Å². The Morgan fingerprint density at radius 3 is 2.41 bits per heavy atom. The van der Waals surface area contributed by atoms with Gasteiger partial charge < -0.3 is 10.6 Å². The van der Waals surface area contributed by atoms with Gasteiger partial charge in [-0.05, 0) is 24.3 Å². The van der Waals surface area contributed by atoms with Gasteiger partial charge in [0.1, 0.15) is 5.69 Å². The van der Waals surface area contributed by atoms with Crippen molar-refractivity contribution in [1.29, 1.82) is 0 Å². The number of hydrogen-bond acceptors (Lipinski definition) is 4. The molecule has 0 aliphatic carbocycles. The van der Waals surface area contributed by atoms with E-state index >= 15 is 0 Å². The minimum Gasteiger partial charge on any atom is -0.308 e. The lowest BCUT2D eigenvalue weighted by molar-refractivity contribution is -0.106. The zero-order valence-electron chi connectivity index (χ0n) is 16.2. The lowest BCUT2D eigenvalue weighted by atomic mass is 10.1. The first kappa shape index (κ1) is 21.8. The maximum Gasteiger partial charge on any atom is 0.323 e. The van der Waals surface area contributed by atoms with Gasteiger partial charge in [0.25, 0.3) is 0 Å². The van der Waals surface area contributed by atoms with Gasteiger partial charge in [0.15, 0.2) is 5.15 Å². The molecule has 0 unspecified atom stereocenters. The molecule has 0 atom stereocenters. The van der Waals surface area contributed by atoms with E-state index in [4.69, 9.17) is 34.8 Å². The molecule has 2 aromatic carbocycles. The summed E-state index contributed by atoms with van der Waals surface area (Å²) >= 11 is 18.8. The highest BCUT2D eigenvalue weighted by atomic mass is 35.5. The Kier molecular flexibility index (Phi) is 6.41. The van der Waals surface area contributed by atoms with E-state index < -0.39 is 6.03 Å². The standard InChI is InChI=1S/C22H14Cl3N5O2/c23-15-9-10-26-21(25)20(15)30(12-31)17-8-4-7-14-18(16(24)11-27-19(14)17)29-22(32)28-13-5-2-1-3-6-13/h1-12H,(H2,27,28,29,32). The lowest BCUT2D eigenvalue weighted by Gasteiger charge is -2.21. The van der Waals surface area contributed by atoms with E-state index in [-0.39, 0.29) is 20.9 Å². The second kappa shape index (κ2) is 9.40. The number of pyridine rings is 2. The molecule has 0 bridgehead atoms. The number of urea groups is 1. The fraction of sp³-hybridized carbons (Fsp3) is 0. The van der Waals surface area contributed by atoms with Crippen LogP contribution in [0.4, 0.5) is 27.5 Å². The van der Waals surface area contributed by atoms with Gasteiger partial charge in [-0.3, -0.25) is 14.7 Å². The predicted octanol–water partition coefficient (Wildman–Crippen LogP) is 6.53. The van der Waals surface area contributed by atoms with Crippen molar-refractivity contribution in [3.05, 3.63) is 82.2 Å². The SMILES string of the molecule is O=CN(c1c(Cl)ccnc1Cl)c1cccc2c(NC(=O)Nc3ccccc3)c(Cl)cnc12. The normalized spacial score (nSPS) is 10.6. The van der Waals surface area contributed by atoms with E-state index in [0.29, 0.717) is 34.4 Å². The largest absolute Gasteiger partial charge is 0.323 e. The molecule has 0 saturated carbocycles. The summed E-state index contributed by atoms with van der Waals surface area (Å²) in [5, 5.41) is 6.52. The molecule has 0 fully saturated rings. The number of amides is 3. The van der Waals surface area contributed by atoms with Gasteiger partial charge in [-0.2, -0.15) is 0 Å². The van der Waals surface area contributed by atoms with Gasteiger partial charge >= 0.3 is 6.03 Å². The van der Waals surface area contributed by atoms with Crippen LogP contribution in [0, 0.1) is 0 Å².